The normalized spacial score (nSPS) is 17.6. The summed E-state index contributed by atoms with van der Waals surface area (Å²) in [7, 11) is 0. The average molecular weight is 478 g/mol. The van der Waals surface area contributed by atoms with Gasteiger partial charge in [-0.3, -0.25) is 4.79 Å². The van der Waals surface area contributed by atoms with Gasteiger partial charge in [0.15, 0.2) is 0 Å². The van der Waals surface area contributed by atoms with Crippen molar-refractivity contribution in [3.8, 4) is 11.3 Å². The van der Waals surface area contributed by atoms with Crippen molar-refractivity contribution in [2.45, 2.75) is 25.7 Å². The number of hydrogen-bond acceptors (Lipinski definition) is 6. The maximum Gasteiger partial charge on any atom is 0.404 e. The van der Waals surface area contributed by atoms with E-state index in [2.05, 4.69) is 20.9 Å². The zero-order chi connectivity index (χ0) is 24.6. The highest BCUT2D eigenvalue weighted by Crippen LogP contribution is 2.29. The van der Waals surface area contributed by atoms with Crippen LogP contribution in [0, 0.1) is 11.8 Å². The number of aliphatic hydroxyl groups excluding tert-OH is 1. The average Bonchev–Trinajstić information content (AvgIpc) is 2.89. The molecule has 4 rings (SSSR count). The molecule has 2 amide bonds. The number of nitrogens with zero attached hydrogens (tertiary/aromatic N) is 2. The standard InChI is InChI=1S/C26H31N5O4/c32-12-11-27-24-10-9-19(16-28-24)23-13-21(20-3-1-2-4-22(20)31-23)25(33)29-14-17-5-7-18(8-6-17)15-30-26(34)35/h1-4,9-10,13,16-18,30,32H,5-8,11-12,14-15H2,(H,27,28)(H,29,33)(H,34,35)/t17-,18-. The third kappa shape index (κ3) is 6.45. The number of fused-ring (bicyclic) bond motifs is 1. The maximum atomic E-state index is 13.2. The number of anilines is 1. The number of aliphatic hydroxyl groups is 1. The maximum absolute atomic E-state index is 13.2. The molecule has 0 aliphatic heterocycles. The van der Waals surface area contributed by atoms with E-state index in [4.69, 9.17) is 15.2 Å². The molecular formula is C26H31N5O4. The predicted octanol–water partition coefficient (Wildman–Crippen LogP) is 3.50. The summed E-state index contributed by atoms with van der Waals surface area (Å²) in [5.74, 6) is 1.28. The second-order valence-corrected chi connectivity index (χ2v) is 8.94. The fraction of sp³-hybridized carbons (Fsp3) is 0.385. The van der Waals surface area contributed by atoms with Gasteiger partial charge in [0.05, 0.1) is 23.4 Å². The smallest absolute Gasteiger partial charge is 0.404 e. The van der Waals surface area contributed by atoms with Gasteiger partial charge in [0.25, 0.3) is 5.91 Å². The Balaban J connectivity index is 1.44. The molecule has 1 aliphatic rings. The molecule has 9 heteroatoms. The summed E-state index contributed by atoms with van der Waals surface area (Å²) < 4.78 is 0. The number of carboxylic acid groups (broad SMARTS) is 1. The number of aromatic nitrogens is 2. The van der Waals surface area contributed by atoms with Crippen molar-refractivity contribution in [3.05, 3.63) is 54.2 Å². The molecule has 2 heterocycles. The number of para-hydroxylation sites is 1. The van der Waals surface area contributed by atoms with Crippen LogP contribution in [-0.2, 0) is 0 Å². The van der Waals surface area contributed by atoms with Crippen molar-refractivity contribution in [1.29, 1.82) is 0 Å². The molecule has 1 saturated carbocycles. The van der Waals surface area contributed by atoms with Gasteiger partial charge in [-0.25, -0.2) is 14.8 Å². The number of benzene rings is 1. The number of carbonyl (C=O) groups is 2. The highest BCUT2D eigenvalue weighted by atomic mass is 16.4. The molecule has 0 saturated heterocycles. The molecule has 3 aromatic rings. The lowest BCUT2D eigenvalue weighted by Crippen LogP contribution is -2.34. The Hall–Kier alpha value is -3.72. The van der Waals surface area contributed by atoms with Gasteiger partial charge >= 0.3 is 6.09 Å². The zero-order valence-corrected chi connectivity index (χ0v) is 19.5. The van der Waals surface area contributed by atoms with Gasteiger partial charge in [-0.2, -0.15) is 0 Å². The van der Waals surface area contributed by atoms with Crippen LogP contribution in [0.1, 0.15) is 36.0 Å². The molecule has 0 radical (unpaired) electrons. The minimum atomic E-state index is -0.978. The number of hydrogen-bond donors (Lipinski definition) is 5. The van der Waals surface area contributed by atoms with Crippen LogP contribution < -0.4 is 16.0 Å². The van der Waals surface area contributed by atoms with Gasteiger partial charge in [0, 0.05) is 36.8 Å². The Bertz CT molecular complexity index is 1160. The molecule has 0 bridgehead atoms. The van der Waals surface area contributed by atoms with E-state index in [1.54, 1.807) is 6.20 Å². The van der Waals surface area contributed by atoms with Crippen molar-refractivity contribution in [3.63, 3.8) is 0 Å². The van der Waals surface area contributed by atoms with Crippen LogP contribution in [0.4, 0.5) is 10.6 Å². The number of carbonyl (C=O) groups excluding carboxylic acids is 1. The summed E-state index contributed by atoms with van der Waals surface area (Å²) in [6.45, 7) is 1.54. The first kappa shape index (κ1) is 24.4. The van der Waals surface area contributed by atoms with Crippen molar-refractivity contribution in [2.24, 2.45) is 11.8 Å². The van der Waals surface area contributed by atoms with Crippen molar-refractivity contribution in [2.75, 3.05) is 31.6 Å². The Kier molecular flexibility index (Phi) is 8.10. The zero-order valence-electron chi connectivity index (χ0n) is 19.5. The van der Waals surface area contributed by atoms with E-state index < -0.39 is 6.09 Å². The van der Waals surface area contributed by atoms with E-state index in [0.717, 1.165) is 42.1 Å². The molecule has 9 nitrogen and oxygen atoms in total. The largest absolute Gasteiger partial charge is 0.465 e. The summed E-state index contributed by atoms with van der Waals surface area (Å²) in [5.41, 5.74) is 2.78. The van der Waals surface area contributed by atoms with Crippen molar-refractivity contribution < 1.29 is 19.8 Å². The first-order valence-electron chi connectivity index (χ1n) is 12.0. The highest BCUT2D eigenvalue weighted by Gasteiger charge is 2.22. The van der Waals surface area contributed by atoms with Crippen LogP contribution >= 0.6 is 0 Å². The lowest BCUT2D eigenvalue weighted by atomic mass is 9.82. The van der Waals surface area contributed by atoms with E-state index in [-0.39, 0.29) is 12.5 Å². The van der Waals surface area contributed by atoms with Gasteiger partial charge in [-0.15, -0.1) is 0 Å². The molecule has 0 unspecified atom stereocenters. The molecule has 5 N–H and O–H groups in total. The van der Waals surface area contributed by atoms with Crippen LogP contribution in [0.25, 0.3) is 22.2 Å². The van der Waals surface area contributed by atoms with Gasteiger partial charge in [0.2, 0.25) is 0 Å². The van der Waals surface area contributed by atoms with Gasteiger partial charge in [-0.05, 0) is 61.8 Å². The van der Waals surface area contributed by atoms with Crippen LogP contribution in [0.15, 0.2) is 48.7 Å². The van der Waals surface area contributed by atoms with E-state index in [1.165, 1.54) is 0 Å². The van der Waals surface area contributed by atoms with Crippen LogP contribution in [0.5, 0.6) is 0 Å². The lowest BCUT2D eigenvalue weighted by Gasteiger charge is -2.28. The first-order chi connectivity index (χ1) is 17.0. The fourth-order valence-corrected chi connectivity index (χ4v) is 4.55. The molecule has 1 aliphatic carbocycles. The highest BCUT2D eigenvalue weighted by molar-refractivity contribution is 6.07. The summed E-state index contributed by atoms with van der Waals surface area (Å²) in [5, 5.41) is 27.1. The van der Waals surface area contributed by atoms with Gasteiger partial charge in [0.1, 0.15) is 5.82 Å². The third-order valence-electron chi connectivity index (χ3n) is 6.50. The molecule has 184 valence electrons. The molecule has 2 aromatic heterocycles. The quantitative estimate of drug-likeness (QED) is 0.318. The van der Waals surface area contributed by atoms with Crippen molar-refractivity contribution in [1.82, 2.24) is 20.6 Å². The summed E-state index contributed by atoms with van der Waals surface area (Å²) in [6.07, 6.45) is 4.58. The lowest BCUT2D eigenvalue weighted by molar-refractivity contribution is 0.0942. The molecule has 35 heavy (non-hydrogen) atoms. The van der Waals surface area contributed by atoms with E-state index >= 15 is 0 Å². The molecule has 1 fully saturated rings. The monoisotopic (exact) mass is 477 g/mol. The predicted molar refractivity (Wildman–Crippen MR) is 134 cm³/mol. The van der Waals surface area contributed by atoms with Crippen LogP contribution in [-0.4, -0.2) is 58.4 Å². The molecular weight excluding hydrogens is 446 g/mol. The van der Waals surface area contributed by atoms with Gasteiger partial charge < -0.3 is 26.2 Å². The molecule has 1 aromatic carbocycles. The van der Waals surface area contributed by atoms with E-state index in [9.17, 15) is 9.59 Å². The fourth-order valence-electron chi connectivity index (χ4n) is 4.55. The number of pyridine rings is 2. The Labute approximate surface area is 204 Å². The van der Waals surface area contributed by atoms with Crippen molar-refractivity contribution >= 4 is 28.7 Å². The second kappa shape index (κ2) is 11.6. The Morgan fingerprint density at radius 1 is 0.971 bits per heavy atom. The van der Waals surface area contributed by atoms with Gasteiger partial charge in [-0.1, -0.05) is 18.2 Å². The summed E-state index contributed by atoms with van der Waals surface area (Å²) in [6, 6.07) is 13.1. The van der Waals surface area contributed by atoms with E-state index in [0.29, 0.717) is 48.5 Å². The third-order valence-corrected chi connectivity index (χ3v) is 6.50. The second-order valence-electron chi connectivity index (χ2n) is 8.94. The SMILES string of the molecule is O=C(O)NC[C@H]1CC[C@H](CNC(=O)c2cc(-c3ccc(NCCO)nc3)nc3ccccc23)CC1. The number of amides is 2. The summed E-state index contributed by atoms with van der Waals surface area (Å²) >= 11 is 0. The number of rotatable bonds is 9. The minimum Gasteiger partial charge on any atom is -0.465 e. The number of nitrogens with one attached hydrogen (secondary N) is 3. The van der Waals surface area contributed by atoms with E-state index in [1.807, 2.05) is 42.5 Å². The van der Waals surface area contributed by atoms with Crippen LogP contribution in [0.2, 0.25) is 0 Å². The molecule has 0 spiro atoms. The first-order valence-corrected chi connectivity index (χ1v) is 12.0. The Morgan fingerprint density at radius 3 is 2.34 bits per heavy atom. The Morgan fingerprint density at radius 2 is 1.69 bits per heavy atom. The van der Waals surface area contributed by atoms with Crippen LogP contribution in [0.3, 0.4) is 0 Å². The molecule has 0 atom stereocenters. The topological polar surface area (TPSA) is 136 Å². The minimum absolute atomic E-state index is 0.0253. The summed E-state index contributed by atoms with van der Waals surface area (Å²) in [4.78, 5) is 33.1.